The van der Waals surface area contributed by atoms with Crippen molar-refractivity contribution < 1.29 is 4.79 Å². The van der Waals surface area contributed by atoms with E-state index >= 15 is 0 Å². The highest BCUT2D eigenvalue weighted by atomic mass is 16.2. The Balaban J connectivity index is 3.19. The van der Waals surface area contributed by atoms with Crippen LogP contribution in [0.2, 0.25) is 0 Å². The summed E-state index contributed by atoms with van der Waals surface area (Å²) in [6.45, 7) is 4.34. The Morgan fingerprint density at radius 3 is 1.45 bits per heavy atom. The minimum atomic E-state index is 0.197. The molecule has 0 saturated carbocycles. The van der Waals surface area contributed by atoms with Gasteiger partial charge in [-0.25, -0.2) is 0 Å². The van der Waals surface area contributed by atoms with E-state index in [9.17, 15) is 4.79 Å². The van der Waals surface area contributed by atoms with Gasteiger partial charge in [0.25, 0.3) is 0 Å². The standard InChI is InChI=1S/C20H41NO/c1-5-6-7-8-9-10-11-12-13-14-15-16-17-18-19(2)20(22)21(3)4/h19H,5-18H2,1-4H3. The third kappa shape index (κ3) is 13.2. The first kappa shape index (κ1) is 21.5. The van der Waals surface area contributed by atoms with Crippen LogP contribution >= 0.6 is 0 Å². The third-order valence-electron chi connectivity index (χ3n) is 4.60. The Morgan fingerprint density at radius 2 is 1.09 bits per heavy atom. The predicted octanol–water partition coefficient (Wildman–Crippen LogP) is 6.19. The second kappa shape index (κ2) is 15.4. The SMILES string of the molecule is CCCCCCCCCCCCCCCC(C)C(=O)N(C)C. The van der Waals surface area contributed by atoms with Crippen molar-refractivity contribution in [3.05, 3.63) is 0 Å². The molecule has 2 nitrogen and oxygen atoms in total. The van der Waals surface area contributed by atoms with Crippen LogP contribution < -0.4 is 0 Å². The fraction of sp³-hybridized carbons (Fsp3) is 0.950. The molecule has 0 radical (unpaired) electrons. The number of hydrogen-bond acceptors (Lipinski definition) is 1. The highest BCUT2D eigenvalue weighted by molar-refractivity contribution is 5.77. The van der Waals surface area contributed by atoms with E-state index in [1.807, 2.05) is 14.1 Å². The van der Waals surface area contributed by atoms with Gasteiger partial charge in [-0.05, 0) is 6.42 Å². The van der Waals surface area contributed by atoms with Gasteiger partial charge in [-0.3, -0.25) is 4.79 Å². The lowest BCUT2D eigenvalue weighted by Gasteiger charge is -2.16. The van der Waals surface area contributed by atoms with E-state index in [2.05, 4.69) is 13.8 Å². The van der Waals surface area contributed by atoms with E-state index in [1.54, 1.807) is 4.90 Å². The van der Waals surface area contributed by atoms with Crippen molar-refractivity contribution in [3.8, 4) is 0 Å². The van der Waals surface area contributed by atoms with Crippen molar-refractivity contribution in [3.63, 3.8) is 0 Å². The number of nitrogens with zero attached hydrogens (tertiary/aromatic N) is 1. The molecule has 0 fully saturated rings. The minimum Gasteiger partial charge on any atom is -0.349 e. The summed E-state index contributed by atoms with van der Waals surface area (Å²) < 4.78 is 0. The maximum atomic E-state index is 11.7. The molecule has 0 aromatic rings. The number of hydrogen-bond donors (Lipinski definition) is 0. The van der Waals surface area contributed by atoms with Crippen molar-refractivity contribution in [2.24, 2.45) is 5.92 Å². The Kier molecular flexibility index (Phi) is 15.0. The molecule has 0 saturated heterocycles. The molecule has 0 bridgehead atoms. The zero-order valence-corrected chi connectivity index (χ0v) is 15.8. The molecule has 0 spiro atoms. The number of rotatable bonds is 15. The van der Waals surface area contributed by atoms with E-state index in [4.69, 9.17) is 0 Å². The van der Waals surface area contributed by atoms with Gasteiger partial charge in [-0.2, -0.15) is 0 Å². The molecule has 132 valence electrons. The van der Waals surface area contributed by atoms with Gasteiger partial charge >= 0.3 is 0 Å². The van der Waals surface area contributed by atoms with Crippen molar-refractivity contribution in [1.29, 1.82) is 0 Å². The molecule has 0 heterocycles. The number of carbonyl (C=O) groups excluding carboxylic acids is 1. The first-order chi connectivity index (χ1) is 10.6. The van der Waals surface area contributed by atoms with Gasteiger partial charge in [0.15, 0.2) is 0 Å². The summed E-state index contributed by atoms with van der Waals surface area (Å²) in [7, 11) is 3.70. The zero-order chi connectivity index (χ0) is 16.6. The van der Waals surface area contributed by atoms with Crippen LogP contribution in [0.3, 0.4) is 0 Å². The third-order valence-corrected chi connectivity index (χ3v) is 4.60. The molecule has 0 aliphatic heterocycles. The maximum absolute atomic E-state index is 11.7. The van der Waals surface area contributed by atoms with Crippen LogP contribution in [0, 0.1) is 5.92 Å². The maximum Gasteiger partial charge on any atom is 0.224 e. The first-order valence-corrected chi connectivity index (χ1v) is 9.80. The van der Waals surface area contributed by atoms with Gasteiger partial charge in [-0.15, -0.1) is 0 Å². The van der Waals surface area contributed by atoms with Gasteiger partial charge < -0.3 is 4.90 Å². The molecule has 0 aliphatic carbocycles. The molecule has 0 N–H and O–H groups in total. The molecular weight excluding hydrogens is 270 g/mol. The first-order valence-electron chi connectivity index (χ1n) is 9.80. The van der Waals surface area contributed by atoms with E-state index in [-0.39, 0.29) is 11.8 Å². The fourth-order valence-electron chi connectivity index (χ4n) is 3.03. The van der Waals surface area contributed by atoms with Crippen molar-refractivity contribution in [2.45, 2.75) is 104 Å². The van der Waals surface area contributed by atoms with Gasteiger partial charge in [0.05, 0.1) is 0 Å². The fourth-order valence-corrected chi connectivity index (χ4v) is 3.03. The second-order valence-corrected chi connectivity index (χ2v) is 7.17. The van der Waals surface area contributed by atoms with Crippen LogP contribution in [-0.2, 0) is 4.79 Å². The summed E-state index contributed by atoms with van der Waals surface area (Å²) in [5.41, 5.74) is 0. The summed E-state index contributed by atoms with van der Waals surface area (Å²) in [5.74, 6) is 0.474. The van der Waals surface area contributed by atoms with Crippen LogP contribution in [0.25, 0.3) is 0 Å². The Labute approximate surface area is 140 Å². The van der Waals surface area contributed by atoms with Crippen LogP contribution in [0.15, 0.2) is 0 Å². The highest BCUT2D eigenvalue weighted by Gasteiger charge is 2.13. The average molecular weight is 312 g/mol. The van der Waals surface area contributed by atoms with Crippen LogP contribution in [-0.4, -0.2) is 24.9 Å². The van der Waals surface area contributed by atoms with Gasteiger partial charge in [0, 0.05) is 20.0 Å². The lowest BCUT2D eigenvalue weighted by Crippen LogP contribution is -2.27. The quantitative estimate of drug-likeness (QED) is 0.330. The molecule has 1 amide bonds. The molecule has 1 atom stereocenters. The number of amides is 1. The summed E-state index contributed by atoms with van der Waals surface area (Å²) >= 11 is 0. The monoisotopic (exact) mass is 311 g/mol. The predicted molar refractivity (Wildman–Crippen MR) is 98.2 cm³/mol. The molecule has 0 aromatic carbocycles. The van der Waals surface area contributed by atoms with E-state index in [0.717, 1.165) is 6.42 Å². The molecule has 0 aliphatic rings. The minimum absolute atomic E-state index is 0.197. The molecular formula is C20H41NO. The van der Waals surface area contributed by atoms with E-state index in [1.165, 1.54) is 83.5 Å². The summed E-state index contributed by atoms with van der Waals surface area (Å²) in [6.07, 6.45) is 19.1. The van der Waals surface area contributed by atoms with E-state index in [0.29, 0.717) is 0 Å². The van der Waals surface area contributed by atoms with Gasteiger partial charge in [-0.1, -0.05) is 97.3 Å². The largest absolute Gasteiger partial charge is 0.349 e. The summed E-state index contributed by atoms with van der Waals surface area (Å²) in [5, 5.41) is 0. The van der Waals surface area contributed by atoms with Crippen LogP contribution in [0.5, 0.6) is 0 Å². The summed E-state index contributed by atoms with van der Waals surface area (Å²) in [4.78, 5) is 13.4. The lowest BCUT2D eigenvalue weighted by atomic mass is 10.00. The topological polar surface area (TPSA) is 20.3 Å². The highest BCUT2D eigenvalue weighted by Crippen LogP contribution is 2.15. The second-order valence-electron chi connectivity index (χ2n) is 7.17. The Morgan fingerprint density at radius 1 is 0.727 bits per heavy atom. The normalized spacial score (nSPS) is 12.4. The van der Waals surface area contributed by atoms with Gasteiger partial charge in [0.2, 0.25) is 5.91 Å². The Bertz CT molecular complexity index is 250. The van der Waals surface area contributed by atoms with Crippen LogP contribution in [0.1, 0.15) is 104 Å². The van der Waals surface area contributed by atoms with Gasteiger partial charge in [0.1, 0.15) is 0 Å². The number of unbranched alkanes of at least 4 members (excludes halogenated alkanes) is 12. The van der Waals surface area contributed by atoms with Crippen molar-refractivity contribution >= 4 is 5.91 Å². The van der Waals surface area contributed by atoms with E-state index < -0.39 is 0 Å². The van der Waals surface area contributed by atoms with Crippen molar-refractivity contribution in [2.75, 3.05) is 14.1 Å². The van der Waals surface area contributed by atoms with Crippen LogP contribution in [0.4, 0.5) is 0 Å². The zero-order valence-electron chi connectivity index (χ0n) is 15.8. The molecule has 0 rings (SSSR count). The molecule has 1 unspecified atom stereocenters. The lowest BCUT2D eigenvalue weighted by molar-refractivity contribution is -0.132. The molecule has 0 aromatic heterocycles. The van der Waals surface area contributed by atoms with Crippen molar-refractivity contribution in [1.82, 2.24) is 4.90 Å². The smallest absolute Gasteiger partial charge is 0.224 e. The molecule has 2 heteroatoms. The number of carbonyl (C=O) groups is 1. The summed E-state index contributed by atoms with van der Waals surface area (Å²) in [6, 6.07) is 0. The molecule has 22 heavy (non-hydrogen) atoms. The average Bonchev–Trinajstić information content (AvgIpc) is 2.50. The Hall–Kier alpha value is -0.530.